The van der Waals surface area contributed by atoms with E-state index in [-0.39, 0.29) is 33.9 Å². The van der Waals surface area contributed by atoms with E-state index in [1.807, 2.05) is 0 Å². The first-order chi connectivity index (χ1) is 2.27. The van der Waals surface area contributed by atoms with Crippen LogP contribution in [0.1, 0.15) is 0 Å². The van der Waals surface area contributed by atoms with Gasteiger partial charge in [0.2, 0.25) is 0 Å². The number of ether oxygens (including phenoxy) is 1. The van der Waals surface area contributed by atoms with E-state index in [1.165, 1.54) is 7.11 Å². The van der Waals surface area contributed by atoms with Gasteiger partial charge in [0.05, 0.1) is 7.11 Å². The first kappa shape index (κ1) is 10.2. The summed E-state index contributed by atoms with van der Waals surface area (Å²) in [4.78, 5) is 0. The van der Waals surface area contributed by atoms with Crippen LogP contribution in [-0.2, 0) is 17.4 Å². The van der Waals surface area contributed by atoms with Crippen molar-refractivity contribution in [2.24, 2.45) is 0 Å². The summed E-state index contributed by atoms with van der Waals surface area (Å²) in [6, 6.07) is 0. The molecule has 0 N–H and O–H groups in total. The van der Waals surface area contributed by atoms with E-state index >= 15 is 0 Å². The molecule has 0 amide bonds. The van der Waals surface area contributed by atoms with Crippen LogP contribution < -0.4 is 29.6 Å². The summed E-state index contributed by atoms with van der Waals surface area (Å²) in [5, 5.41) is 0. The molecule has 0 rings (SSSR count). The van der Waals surface area contributed by atoms with Crippen LogP contribution >= 0.6 is 12.2 Å². The predicted molar refractivity (Wildman–Crippen MR) is 27.0 cm³/mol. The Morgan fingerprint density at radius 3 is 2.00 bits per heavy atom. The first-order valence-electron chi connectivity index (χ1n) is 1.02. The van der Waals surface area contributed by atoms with Gasteiger partial charge in [0.15, 0.2) is 0 Å². The summed E-state index contributed by atoms with van der Waals surface area (Å²) in [7, 11) is 1.45. The third kappa shape index (κ3) is 8.92. The Morgan fingerprint density at radius 1 is 1.83 bits per heavy atom. The van der Waals surface area contributed by atoms with Gasteiger partial charge < -0.3 is 29.6 Å². The molecule has 0 heterocycles. The normalized spacial score (nSPS) is 5.50. The Labute approximate surface area is 70.1 Å². The van der Waals surface area contributed by atoms with E-state index < -0.39 is 0 Å². The van der Waals surface area contributed by atoms with Crippen LogP contribution in [0.15, 0.2) is 0 Å². The molecule has 0 aliphatic carbocycles. The molecule has 0 aromatic rings. The van der Waals surface area contributed by atoms with Crippen molar-refractivity contribution >= 4 is 29.2 Å². The fraction of sp³-hybridized carbons (Fsp3) is 0.500. The Hall–Kier alpha value is 1.11. The van der Waals surface area contributed by atoms with Crippen molar-refractivity contribution in [3.05, 3.63) is 0 Å². The van der Waals surface area contributed by atoms with Crippen molar-refractivity contribution in [1.29, 1.82) is 0 Å². The van der Waals surface area contributed by atoms with Crippen molar-refractivity contribution in [1.82, 2.24) is 0 Å². The van der Waals surface area contributed by atoms with Crippen LogP contribution in [0.2, 0.25) is 0 Å². The van der Waals surface area contributed by atoms with Crippen LogP contribution in [-0.4, -0.2) is 11.5 Å². The number of thiocarbonyl (C=S) groups is 1. The predicted octanol–water partition coefficient (Wildman–Crippen LogP) is -2.53. The van der Waals surface area contributed by atoms with Gasteiger partial charge in [0.25, 0.3) is 0 Å². The van der Waals surface area contributed by atoms with Crippen LogP contribution in [0.5, 0.6) is 0 Å². The molecule has 0 saturated heterocycles. The molecule has 6 heavy (non-hydrogen) atoms. The maximum Gasteiger partial charge on any atom is 1.00 e. The minimum absolute atomic E-state index is 0. The molecule has 4 heteroatoms. The van der Waals surface area contributed by atoms with Gasteiger partial charge in [-0.05, 0) is 0 Å². The Balaban J connectivity index is 0. The van der Waals surface area contributed by atoms with Crippen molar-refractivity contribution in [2.75, 3.05) is 7.11 Å². The molecular weight excluding hydrogens is 127 g/mol. The van der Waals surface area contributed by atoms with Gasteiger partial charge in [-0.2, -0.15) is 0 Å². The smallest absolute Gasteiger partial charge is 0.517 e. The van der Waals surface area contributed by atoms with E-state index in [2.05, 4.69) is 29.6 Å². The van der Waals surface area contributed by atoms with E-state index in [1.54, 1.807) is 0 Å². The number of hydrogen-bond acceptors (Lipinski definition) is 3. The van der Waals surface area contributed by atoms with Crippen LogP contribution in [0, 0.1) is 0 Å². The van der Waals surface area contributed by atoms with Gasteiger partial charge >= 0.3 is 29.6 Å². The van der Waals surface area contributed by atoms with Gasteiger partial charge in [-0.15, -0.1) is 0 Å². The largest absolute Gasteiger partial charge is 1.00 e. The number of rotatable bonds is 0. The Bertz CT molecular complexity index is 46.8. The van der Waals surface area contributed by atoms with Gasteiger partial charge in [-0.3, -0.25) is 0 Å². The van der Waals surface area contributed by atoms with Crippen molar-refractivity contribution in [3.8, 4) is 0 Å². The summed E-state index contributed by atoms with van der Waals surface area (Å²) in [6.07, 6.45) is 0. The molecule has 0 fully saturated rings. The van der Waals surface area contributed by atoms with E-state index in [0.717, 1.165) is 0 Å². The summed E-state index contributed by atoms with van der Waals surface area (Å²) in [5.74, 6) is 0. The minimum Gasteiger partial charge on any atom is -0.517 e. The molecule has 0 spiro atoms. The second kappa shape index (κ2) is 6.11. The summed E-state index contributed by atoms with van der Waals surface area (Å²) in [5.41, 5.74) is 0. The van der Waals surface area contributed by atoms with Crippen LogP contribution in [0.4, 0.5) is 0 Å². The molecule has 0 aromatic heterocycles. The zero-order valence-corrected chi connectivity index (χ0v) is 7.36. The summed E-state index contributed by atoms with van der Waals surface area (Å²) in [6.45, 7) is 0. The molecule has 0 aliphatic rings. The molecule has 0 unspecified atom stereocenters. The summed E-state index contributed by atoms with van der Waals surface area (Å²) >= 11 is 8.58. The van der Waals surface area contributed by atoms with E-state index in [0.29, 0.717) is 0 Å². The fourth-order valence-electron chi connectivity index (χ4n) is 0. The van der Waals surface area contributed by atoms with Crippen molar-refractivity contribution in [2.45, 2.75) is 0 Å². The average Bonchev–Trinajstić information content (AvgIpc) is 1.38. The third-order valence-electron chi connectivity index (χ3n) is 0.167. The monoisotopic (exact) mass is 130 g/mol. The Kier molecular flexibility index (Phi) is 10.4. The van der Waals surface area contributed by atoms with Crippen molar-refractivity contribution < 1.29 is 34.3 Å². The second-order valence-corrected chi connectivity index (χ2v) is 1.45. The number of hydrogen-bond donors (Lipinski definition) is 0. The van der Waals surface area contributed by atoms with Crippen molar-refractivity contribution in [3.63, 3.8) is 0 Å². The zero-order chi connectivity index (χ0) is 4.28. The molecule has 30 valence electrons. The zero-order valence-electron chi connectivity index (χ0n) is 3.72. The minimum atomic E-state index is 0. The van der Waals surface area contributed by atoms with Gasteiger partial charge in [-0.1, -0.05) is 0 Å². The summed E-state index contributed by atoms with van der Waals surface area (Å²) < 4.78 is 4.47. The molecule has 0 atom stereocenters. The SMILES string of the molecule is COC(=S)[S-].[Na+]. The fourth-order valence-corrected chi connectivity index (χ4v) is 0. The quantitative estimate of drug-likeness (QED) is 0.203. The molecule has 1 nitrogen and oxygen atoms in total. The average molecular weight is 130 g/mol. The molecule has 0 radical (unpaired) electrons. The van der Waals surface area contributed by atoms with E-state index in [9.17, 15) is 0 Å². The van der Waals surface area contributed by atoms with Gasteiger partial charge in [0, 0.05) is 4.38 Å². The van der Waals surface area contributed by atoms with Crippen LogP contribution in [0.25, 0.3) is 0 Å². The van der Waals surface area contributed by atoms with Gasteiger partial charge in [-0.25, -0.2) is 0 Å². The molecule has 0 aromatic carbocycles. The number of methoxy groups -OCH3 is 1. The third-order valence-corrected chi connectivity index (χ3v) is 0.500. The maximum absolute atomic E-state index is 4.30. The Morgan fingerprint density at radius 2 is 2.00 bits per heavy atom. The maximum atomic E-state index is 4.30. The van der Waals surface area contributed by atoms with Gasteiger partial charge in [0.1, 0.15) is 0 Å². The molecular formula is C2H3NaOS2. The topological polar surface area (TPSA) is 9.23 Å². The second-order valence-electron chi connectivity index (χ2n) is 0.454. The first-order valence-corrected chi connectivity index (χ1v) is 1.84. The van der Waals surface area contributed by atoms with Crippen LogP contribution in [0.3, 0.4) is 0 Å². The molecule has 0 saturated carbocycles. The van der Waals surface area contributed by atoms with E-state index in [4.69, 9.17) is 0 Å². The molecule has 0 aliphatic heterocycles. The molecule has 0 bridgehead atoms. The standard InChI is InChI=1S/C2H4OS2.Na/c1-3-2(4)5;/h1H3,(H,4,5);/q;+1/p-1.